The van der Waals surface area contributed by atoms with Gasteiger partial charge in [-0.05, 0) is 30.1 Å². The van der Waals surface area contributed by atoms with E-state index in [0.29, 0.717) is 18.5 Å². The summed E-state index contributed by atoms with van der Waals surface area (Å²) in [5, 5.41) is 3.25. The first kappa shape index (κ1) is 22.1. The van der Waals surface area contributed by atoms with Crippen LogP contribution in [-0.4, -0.2) is 36.2 Å². The summed E-state index contributed by atoms with van der Waals surface area (Å²) in [6.07, 6.45) is 13.2. The molecule has 0 bridgehead atoms. The largest absolute Gasteiger partial charge is 0.369 e. The predicted octanol–water partition coefficient (Wildman–Crippen LogP) is 2.76. The summed E-state index contributed by atoms with van der Waals surface area (Å²) in [5.41, 5.74) is 8.14. The van der Waals surface area contributed by atoms with Gasteiger partial charge in [0.2, 0.25) is 24.1 Å². The number of anilines is 1. The van der Waals surface area contributed by atoms with Crippen molar-refractivity contribution in [2.24, 2.45) is 10.7 Å². The quantitative estimate of drug-likeness (QED) is 0.439. The van der Waals surface area contributed by atoms with E-state index in [2.05, 4.69) is 26.9 Å². The third-order valence-corrected chi connectivity index (χ3v) is 5.87. The second-order valence-electron chi connectivity index (χ2n) is 8.06. The first-order valence-corrected chi connectivity index (χ1v) is 11.2. The van der Waals surface area contributed by atoms with E-state index in [1.54, 1.807) is 24.4 Å². The van der Waals surface area contributed by atoms with Crippen molar-refractivity contribution < 1.29 is 4.79 Å². The van der Waals surface area contributed by atoms with E-state index >= 15 is 0 Å². The van der Waals surface area contributed by atoms with Crippen molar-refractivity contribution in [3.05, 3.63) is 101 Å². The van der Waals surface area contributed by atoms with Crippen LogP contribution in [0.1, 0.15) is 36.4 Å². The highest BCUT2D eigenvalue weighted by atomic mass is 16.2. The second kappa shape index (κ2) is 9.26. The summed E-state index contributed by atoms with van der Waals surface area (Å²) in [5.74, 6) is 0.431. The highest BCUT2D eigenvalue weighted by Gasteiger charge is 2.32. The van der Waals surface area contributed by atoms with Crippen LogP contribution < -0.4 is 16.7 Å². The smallest absolute Gasteiger partial charge is 0.340 e. The molecule has 1 aliphatic heterocycles. The molecule has 2 aliphatic rings. The minimum absolute atomic E-state index is 0.0142. The number of nitrogens with one attached hydrogen (secondary N) is 1. The lowest BCUT2D eigenvalue weighted by atomic mass is 10.0. The lowest BCUT2D eigenvalue weighted by molar-refractivity contribution is -0.116. The van der Waals surface area contributed by atoms with Gasteiger partial charge in [0, 0.05) is 6.20 Å². The normalized spacial score (nSPS) is 21.4. The highest BCUT2D eigenvalue weighted by Crippen LogP contribution is 2.32. The van der Waals surface area contributed by atoms with Gasteiger partial charge in [0.15, 0.2) is 6.17 Å². The SMILES string of the molecule is C=C/C=C\c1cn2c(=O)n3c(nc2n1)N[C@@H](c1ccccc1)N(C=O)/C(N)=N\[C@H]3C1=CC=CCC1. The number of guanidine groups is 1. The first-order chi connectivity index (χ1) is 17.1. The molecule has 3 N–H and O–H groups in total. The number of benzene rings is 1. The molecule has 0 fully saturated rings. The summed E-state index contributed by atoms with van der Waals surface area (Å²) in [7, 11) is 0. The van der Waals surface area contributed by atoms with Crippen molar-refractivity contribution >= 4 is 30.2 Å². The molecule has 2 atom stereocenters. The van der Waals surface area contributed by atoms with Gasteiger partial charge in [-0.3, -0.25) is 9.69 Å². The Kier molecular flexibility index (Phi) is 5.84. The molecule has 3 heterocycles. The molecular formula is C25H24N8O2. The van der Waals surface area contributed by atoms with Gasteiger partial charge in [-0.25, -0.2) is 23.7 Å². The van der Waals surface area contributed by atoms with Gasteiger partial charge in [-0.2, -0.15) is 4.98 Å². The number of carbonyl (C=O) groups excluding carboxylic acids is 1. The number of nitrogens with two attached hydrogens (primary N) is 1. The first-order valence-electron chi connectivity index (χ1n) is 11.2. The van der Waals surface area contributed by atoms with Crippen molar-refractivity contribution in [1.29, 1.82) is 0 Å². The third kappa shape index (κ3) is 4.05. The molecule has 10 nitrogen and oxygen atoms in total. The lowest BCUT2D eigenvalue weighted by Gasteiger charge is -2.34. The van der Waals surface area contributed by atoms with Crippen molar-refractivity contribution in [3.63, 3.8) is 0 Å². The summed E-state index contributed by atoms with van der Waals surface area (Å²) in [6, 6.07) is 9.28. The van der Waals surface area contributed by atoms with Crippen LogP contribution in [0.3, 0.4) is 0 Å². The minimum atomic E-state index is -0.791. The van der Waals surface area contributed by atoms with Gasteiger partial charge < -0.3 is 11.1 Å². The molecule has 5 rings (SSSR count). The molecule has 10 heteroatoms. The maximum absolute atomic E-state index is 13.8. The average molecular weight is 469 g/mol. The van der Waals surface area contributed by atoms with E-state index in [1.165, 1.54) is 13.9 Å². The molecule has 0 saturated heterocycles. The molecule has 3 aromatic rings. The van der Waals surface area contributed by atoms with Crippen LogP contribution in [0, 0.1) is 0 Å². The zero-order valence-corrected chi connectivity index (χ0v) is 18.9. The molecule has 1 amide bonds. The number of carbonyl (C=O) groups is 1. The van der Waals surface area contributed by atoms with Gasteiger partial charge in [0.05, 0.1) is 5.69 Å². The van der Waals surface area contributed by atoms with Crippen molar-refractivity contribution in [2.75, 3.05) is 5.32 Å². The van der Waals surface area contributed by atoms with E-state index < -0.39 is 12.3 Å². The van der Waals surface area contributed by atoms with Crippen LogP contribution in [0.5, 0.6) is 0 Å². The Balaban J connectivity index is 1.77. The van der Waals surface area contributed by atoms with E-state index in [9.17, 15) is 9.59 Å². The fourth-order valence-electron chi connectivity index (χ4n) is 4.19. The van der Waals surface area contributed by atoms with Crippen LogP contribution in [-0.2, 0) is 4.79 Å². The average Bonchev–Trinajstić information content (AvgIpc) is 3.30. The van der Waals surface area contributed by atoms with Gasteiger partial charge in [0.1, 0.15) is 6.17 Å². The number of rotatable bonds is 5. The number of aliphatic imine (C=N–C) groups is 1. The van der Waals surface area contributed by atoms with Gasteiger partial charge in [-0.1, -0.05) is 67.3 Å². The molecule has 1 aliphatic carbocycles. The predicted molar refractivity (Wildman–Crippen MR) is 134 cm³/mol. The molecular weight excluding hydrogens is 444 g/mol. The number of hydrogen-bond acceptors (Lipinski definition) is 7. The van der Waals surface area contributed by atoms with Crippen LogP contribution in [0.15, 0.2) is 88.8 Å². The number of imidazole rings is 1. The zero-order chi connectivity index (χ0) is 24.4. The monoisotopic (exact) mass is 468 g/mol. The molecule has 0 unspecified atom stereocenters. The lowest BCUT2D eigenvalue weighted by Crippen LogP contribution is -2.46. The zero-order valence-electron chi connectivity index (χ0n) is 18.9. The Morgan fingerprint density at radius 2 is 2.03 bits per heavy atom. The summed E-state index contributed by atoms with van der Waals surface area (Å²) >= 11 is 0. The Morgan fingerprint density at radius 1 is 1.20 bits per heavy atom. The fourth-order valence-corrected chi connectivity index (χ4v) is 4.19. The molecule has 176 valence electrons. The highest BCUT2D eigenvalue weighted by molar-refractivity contribution is 5.89. The standard InChI is InChI=1S/C25H24N8O2/c1-2-3-14-19-15-31-23(27-19)30-24-29-20(17-10-6-4-7-11-17)32(16-34)22(26)28-21(33(24)25(31)35)18-12-8-5-9-13-18/h2-8,10-12,14-16,20-21H,1,9,13H2,(H2,26,28)(H,27,29,30)/b14-3-/t20-,21-/m1/s1. The summed E-state index contributed by atoms with van der Waals surface area (Å²) < 4.78 is 2.84. The summed E-state index contributed by atoms with van der Waals surface area (Å²) in [4.78, 5) is 41.1. The van der Waals surface area contributed by atoms with E-state index in [0.717, 1.165) is 17.6 Å². The number of aromatic nitrogens is 4. The third-order valence-electron chi connectivity index (χ3n) is 5.87. The van der Waals surface area contributed by atoms with Crippen molar-refractivity contribution in [3.8, 4) is 0 Å². The second-order valence-corrected chi connectivity index (χ2v) is 8.06. The topological polar surface area (TPSA) is 123 Å². The maximum atomic E-state index is 13.8. The van der Waals surface area contributed by atoms with E-state index in [-0.39, 0.29) is 23.4 Å². The molecule has 0 spiro atoms. The van der Waals surface area contributed by atoms with Gasteiger partial charge in [-0.15, -0.1) is 0 Å². The number of fused-ring (bicyclic) bond motifs is 2. The summed E-state index contributed by atoms with van der Waals surface area (Å²) in [6.45, 7) is 3.67. The van der Waals surface area contributed by atoms with Crippen LogP contribution in [0.2, 0.25) is 0 Å². The van der Waals surface area contributed by atoms with Crippen LogP contribution >= 0.6 is 0 Å². The molecule has 1 aromatic carbocycles. The number of hydrogen-bond donors (Lipinski definition) is 2. The van der Waals surface area contributed by atoms with Crippen molar-refractivity contribution in [2.45, 2.75) is 25.2 Å². The Labute approximate surface area is 201 Å². The minimum Gasteiger partial charge on any atom is -0.369 e. The number of nitrogens with zero attached hydrogens (tertiary/aromatic N) is 6. The number of amides is 1. The molecule has 2 aromatic heterocycles. The Bertz CT molecular complexity index is 1460. The van der Waals surface area contributed by atoms with Crippen LogP contribution in [0.25, 0.3) is 11.9 Å². The van der Waals surface area contributed by atoms with Gasteiger partial charge in [0.25, 0.3) is 0 Å². The fraction of sp³-hybridized carbons (Fsp3) is 0.160. The van der Waals surface area contributed by atoms with E-state index in [4.69, 9.17) is 5.73 Å². The molecule has 35 heavy (non-hydrogen) atoms. The van der Waals surface area contributed by atoms with E-state index in [1.807, 2.05) is 48.6 Å². The molecule has 0 radical (unpaired) electrons. The Hall–Kier alpha value is -4.73. The Morgan fingerprint density at radius 3 is 2.74 bits per heavy atom. The molecule has 0 saturated carbocycles. The van der Waals surface area contributed by atoms with Crippen LogP contribution in [0.4, 0.5) is 5.95 Å². The maximum Gasteiger partial charge on any atom is 0.340 e. The number of allylic oxidation sites excluding steroid dienone is 5. The van der Waals surface area contributed by atoms with Crippen molar-refractivity contribution in [1.82, 2.24) is 23.8 Å². The van der Waals surface area contributed by atoms with Gasteiger partial charge >= 0.3 is 5.69 Å².